The van der Waals surface area contributed by atoms with Gasteiger partial charge in [-0.3, -0.25) is 9.59 Å². The van der Waals surface area contributed by atoms with E-state index in [1.165, 1.54) is 23.3 Å². The van der Waals surface area contributed by atoms with Crippen molar-refractivity contribution in [2.75, 3.05) is 5.32 Å². The largest absolute Gasteiger partial charge is 0.326 e. The molecule has 0 unspecified atom stereocenters. The van der Waals surface area contributed by atoms with E-state index in [0.717, 1.165) is 19.3 Å². The van der Waals surface area contributed by atoms with E-state index >= 15 is 0 Å². The summed E-state index contributed by atoms with van der Waals surface area (Å²) >= 11 is 0.455. The van der Waals surface area contributed by atoms with Crippen LogP contribution in [0, 0.1) is 0 Å². The minimum absolute atomic E-state index is 0.0430. The fraction of sp³-hybridized carbons (Fsp3) is 0.300. The van der Waals surface area contributed by atoms with Crippen LogP contribution in [0.4, 0.5) is 14.5 Å². The molecule has 3 rings (SSSR count). The van der Waals surface area contributed by atoms with E-state index in [9.17, 15) is 18.4 Å². The number of anilines is 1. The van der Waals surface area contributed by atoms with E-state index in [1.54, 1.807) is 12.1 Å². The highest BCUT2D eigenvalue weighted by molar-refractivity contribution is 7.99. The highest BCUT2D eigenvalue weighted by Gasteiger charge is 2.15. The zero-order chi connectivity index (χ0) is 18.5. The number of nitrogens with one attached hydrogen (secondary N) is 1. The lowest BCUT2D eigenvalue weighted by atomic mass is 10.0. The minimum Gasteiger partial charge on any atom is -0.326 e. The number of amides is 1. The first-order chi connectivity index (χ1) is 12.5. The predicted octanol–water partition coefficient (Wildman–Crippen LogP) is 5.09. The summed E-state index contributed by atoms with van der Waals surface area (Å²) in [5.74, 6) is -2.78. The van der Waals surface area contributed by atoms with Crippen LogP contribution in [0.5, 0.6) is 0 Å². The summed E-state index contributed by atoms with van der Waals surface area (Å²) in [7, 11) is 0. The van der Waals surface area contributed by atoms with Gasteiger partial charge in [0.15, 0.2) is 5.78 Å². The molecular formula is C20H19F2NO2S. The molecule has 0 saturated heterocycles. The van der Waals surface area contributed by atoms with Crippen LogP contribution < -0.4 is 5.32 Å². The van der Waals surface area contributed by atoms with Crippen LogP contribution in [0.3, 0.4) is 0 Å². The highest BCUT2D eigenvalue weighted by Crippen LogP contribution is 2.26. The van der Waals surface area contributed by atoms with Crippen molar-refractivity contribution in [1.82, 2.24) is 0 Å². The molecule has 1 N–H and O–H groups in total. The average molecular weight is 375 g/mol. The minimum atomic E-state index is -2.47. The zero-order valence-electron chi connectivity index (χ0n) is 14.1. The van der Waals surface area contributed by atoms with E-state index in [-0.39, 0.29) is 24.5 Å². The second-order valence-electron chi connectivity index (χ2n) is 6.21. The first kappa shape index (κ1) is 18.6. The lowest BCUT2D eigenvalue weighted by molar-refractivity contribution is -0.116. The SMILES string of the molecule is O=C(CCC(=O)c1ccc2c(c1)CCC2)Nc1ccc(SC(F)F)cc1. The molecule has 0 saturated carbocycles. The Morgan fingerprint density at radius 3 is 2.46 bits per heavy atom. The predicted molar refractivity (Wildman–Crippen MR) is 99.0 cm³/mol. The number of halogens is 2. The summed E-state index contributed by atoms with van der Waals surface area (Å²) in [4.78, 5) is 24.7. The fourth-order valence-electron chi connectivity index (χ4n) is 3.06. The van der Waals surface area contributed by atoms with Crippen LogP contribution in [0.25, 0.3) is 0 Å². The summed E-state index contributed by atoms with van der Waals surface area (Å²) in [6, 6.07) is 12.0. The maximum atomic E-state index is 12.3. The molecule has 0 aliphatic heterocycles. The molecule has 1 aliphatic rings. The van der Waals surface area contributed by atoms with Gasteiger partial charge in [0.1, 0.15) is 0 Å². The molecule has 136 valence electrons. The first-order valence-corrected chi connectivity index (χ1v) is 9.39. The molecule has 2 aromatic carbocycles. The van der Waals surface area contributed by atoms with E-state index in [4.69, 9.17) is 0 Å². The summed E-state index contributed by atoms with van der Waals surface area (Å²) in [6.07, 6.45) is 3.44. The molecule has 1 aliphatic carbocycles. The summed E-state index contributed by atoms with van der Waals surface area (Å²) in [6.45, 7) is 0. The first-order valence-electron chi connectivity index (χ1n) is 8.51. The molecule has 3 nitrogen and oxygen atoms in total. The number of benzene rings is 2. The molecule has 1 amide bonds. The lowest BCUT2D eigenvalue weighted by Crippen LogP contribution is -2.13. The number of Topliss-reactive ketones (excluding diaryl/α,β-unsaturated/α-hetero) is 1. The van der Waals surface area contributed by atoms with Crippen LogP contribution in [0.15, 0.2) is 47.4 Å². The topological polar surface area (TPSA) is 46.2 Å². The summed E-state index contributed by atoms with van der Waals surface area (Å²) in [5.41, 5.74) is 3.74. The Balaban J connectivity index is 1.50. The molecule has 0 heterocycles. The Morgan fingerprint density at radius 2 is 1.73 bits per heavy atom. The molecule has 0 bridgehead atoms. The molecule has 6 heteroatoms. The summed E-state index contributed by atoms with van der Waals surface area (Å²) in [5, 5.41) is 2.68. The fourth-order valence-corrected chi connectivity index (χ4v) is 3.56. The van der Waals surface area contributed by atoms with Crippen LogP contribution >= 0.6 is 11.8 Å². The van der Waals surface area contributed by atoms with E-state index in [0.29, 0.717) is 27.9 Å². The third-order valence-corrected chi connectivity index (χ3v) is 5.09. The van der Waals surface area contributed by atoms with Gasteiger partial charge < -0.3 is 5.32 Å². The maximum Gasteiger partial charge on any atom is 0.288 e. The van der Waals surface area contributed by atoms with Crippen molar-refractivity contribution in [2.45, 2.75) is 42.8 Å². The Labute approximate surface area is 155 Å². The quantitative estimate of drug-likeness (QED) is 0.541. The van der Waals surface area contributed by atoms with E-state index in [1.807, 2.05) is 18.2 Å². The van der Waals surface area contributed by atoms with Gasteiger partial charge in [0, 0.05) is 29.0 Å². The number of fused-ring (bicyclic) bond motifs is 1. The lowest BCUT2D eigenvalue weighted by Gasteiger charge is -2.07. The second-order valence-corrected chi connectivity index (χ2v) is 7.27. The Hall–Kier alpha value is -2.21. The molecule has 0 radical (unpaired) electrons. The Bertz CT molecular complexity index is 806. The number of ketones is 1. The van der Waals surface area contributed by atoms with Crippen molar-refractivity contribution in [1.29, 1.82) is 0 Å². The number of hydrogen-bond acceptors (Lipinski definition) is 3. The molecule has 0 atom stereocenters. The number of carbonyl (C=O) groups is 2. The van der Waals surface area contributed by atoms with Crippen molar-refractivity contribution < 1.29 is 18.4 Å². The van der Waals surface area contributed by atoms with Crippen molar-refractivity contribution in [3.05, 3.63) is 59.2 Å². The monoisotopic (exact) mass is 375 g/mol. The van der Waals surface area contributed by atoms with Gasteiger partial charge >= 0.3 is 0 Å². The normalized spacial score (nSPS) is 12.9. The zero-order valence-corrected chi connectivity index (χ0v) is 15.0. The smallest absolute Gasteiger partial charge is 0.288 e. The van der Waals surface area contributed by atoms with Crippen LogP contribution in [0.1, 0.15) is 40.7 Å². The second kappa shape index (κ2) is 8.45. The number of alkyl halides is 2. The van der Waals surface area contributed by atoms with Gasteiger partial charge in [0.25, 0.3) is 5.76 Å². The van der Waals surface area contributed by atoms with Crippen molar-refractivity contribution in [3.8, 4) is 0 Å². The standard InChI is InChI=1S/C20H19F2NO2S/c21-20(22)26-17-8-6-16(7-9-17)23-19(25)11-10-18(24)15-5-4-13-2-1-3-14(13)12-15/h4-9,12,20H,1-3,10-11H2,(H,23,25). The van der Waals surface area contributed by atoms with Crippen LogP contribution in [-0.4, -0.2) is 17.4 Å². The number of carbonyl (C=O) groups excluding carboxylic acids is 2. The molecular weight excluding hydrogens is 356 g/mol. The van der Waals surface area contributed by atoms with Crippen molar-refractivity contribution in [2.24, 2.45) is 0 Å². The Kier molecular flexibility index (Phi) is 6.04. The van der Waals surface area contributed by atoms with Gasteiger partial charge in [-0.1, -0.05) is 23.9 Å². The number of rotatable bonds is 7. The number of aryl methyl sites for hydroxylation is 2. The molecule has 0 fully saturated rings. The number of hydrogen-bond donors (Lipinski definition) is 1. The van der Waals surface area contributed by atoms with Gasteiger partial charge in [-0.05, 0) is 60.7 Å². The molecule has 0 aromatic heterocycles. The van der Waals surface area contributed by atoms with Crippen molar-refractivity contribution in [3.63, 3.8) is 0 Å². The van der Waals surface area contributed by atoms with Crippen molar-refractivity contribution >= 4 is 29.1 Å². The third-order valence-electron chi connectivity index (χ3n) is 4.36. The molecule has 26 heavy (non-hydrogen) atoms. The average Bonchev–Trinajstić information content (AvgIpc) is 3.08. The highest BCUT2D eigenvalue weighted by atomic mass is 32.2. The van der Waals surface area contributed by atoms with Gasteiger partial charge in [0.2, 0.25) is 5.91 Å². The molecule has 2 aromatic rings. The van der Waals surface area contributed by atoms with Crippen LogP contribution in [-0.2, 0) is 17.6 Å². The van der Waals surface area contributed by atoms with Gasteiger partial charge in [-0.25, -0.2) is 0 Å². The van der Waals surface area contributed by atoms with Crippen LogP contribution in [0.2, 0.25) is 0 Å². The molecule has 0 spiro atoms. The van der Waals surface area contributed by atoms with Gasteiger partial charge in [0.05, 0.1) is 0 Å². The number of thioether (sulfide) groups is 1. The maximum absolute atomic E-state index is 12.3. The summed E-state index contributed by atoms with van der Waals surface area (Å²) < 4.78 is 24.6. The Morgan fingerprint density at radius 1 is 1.00 bits per heavy atom. The van der Waals surface area contributed by atoms with Gasteiger partial charge in [-0.15, -0.1) is 0 Å². The van der Waals surface area contributed by atoms with E-state index < -0.39 is 5.76 Å². The van der Waals surface area contributed by atoms with E-state index in [2.05, 4.69) is 5.32 Å². The third kappa shape index (κ3) is 4.91. The van der Waals surface area contributed by atoms with Gasteiger partial charge in [-0.2, -0.15) is 8.78 Å².